The number of hydrogen-bond acceptors (Lipinski definition) is 4. The van der Waals surface area contributed by atoms with Crippen LogP contribution in [-0.2, 0) is 14.6 Å². The van der Waals surface area contributed by atoms with Crippen LogP contribution in [-0.4, -0.2) is 79.9 Å². The number of halogens is 1. The van der Waals surface area contributed by atoms with Crippen LogP contribution in [0.1, 0.15) is 34.6 Å². The Morgan fingerprint density at radius 3 is 2.38 bits per heavy atom. The molecule has 9 heteroatoms. The summed E-state index contributed by atoms with van der Waals surface area (Å²) in [4.78, 5) is 20.7. The molecule has 7 nitrogen and oxygen atoms in total. The summed E-state index contributed by atoms with van der Waals surface area (Å²) in [5, 5.41) is 3.15. The van der Waals surface area contributed by atoms with Gasteiger partial charge in [-0.1, -0.05) is 0 Å². The molecule has 0 aliphatic carbocycles. The third-order valence-corrected chi connectivity index (χ3v) is 4.62. The van der Waals surface area contributed by atoms with E-state index in [0.29, 0.717) is 19.0 Å². The van der Waals surface area contributed by atoms with Gasteiger partial charge in [-0.05, 0) is 34.6 Å². The van der Waals surface area contributed by atoms with Crippen LogP contribution in [0.25, 0.3) is 0 Å². The molecule has 1 N–H and O–H groups in total. The number of nitrogens with zero attached hydrogens (tertiary/aromatic N) is 3. The van der Waals surface area contributed by atoms with Gasteiger partial charge < -0.3 is 15.1 Å². The fraction of sp³-hybridized carbons (Fsp3) is 0.867. The smallest absolute Gasteiger partial charge is 0.242 e. The molecule has 0 radical (unpaired) electrons. The van der Waals surface area contributed by atoms with E-state index in [2.05, 4.69) is 10.3 Å². The normalized spacial score (nSPS) is 18.6. The molecular formula is C15H31IN4O3S. The standard InChI is InChI=1S/C15H30N4O3S.HI/c1-7-16-14(17-8-9-23(6,21)22)18-10-13(20)19(12(2)3)15(4,5)11-18;/h12H,7-11H2,1-6H3,(H,16,17);1H. The number of carbonyl (C=O) groups excluding carboxylic acids is 1. The summed E-state index contributed by atoms with van der Waals surface area (Å²) in [7, 11) is -3.05. The third-order valence-electron chi connectivity index (χ3n) is 3.70. The molecule has 142 valence electrons. The summed E-state index contributed by atoms with van der Waals surface area (Å²) in [6.07, 6.45) is 1.20. The zero-order valence-electron chi connectivity index (χ0n) is 15.5. The van der Waals surface area contributed by atoms with Crippen molar-refractivity contribution in [3.8, 4) is 0 Å². The van der Waals surface area contributed by atoms with Crippen molar-refractivity contribution in [1.29, 1.82) is 0 Å². The summed E-state index contributed by atoms with van der Waals surface area (Å²) in [5.41, 5.74) is -0.309. The number of aliphatic imine (C=N–C) groups is 1. The van der Waals surface area contributed by atoms with Crippen LogP contribution in [0.15, 0.2) is 4.99 Å². The lowest BCUT2D eigenvalue weighted by Gasteiger charge is -2.49. The van der Waals surface area contributed by atoms with Crippen LogP contribution >= 0.6 is 24.0 Å². The highest BCUT2D eigenvalue weighted by atomic mass is 127. The number of carbonyl (C=O) groups is 1. The van der Waals surface area contributed by atoms with Gasteiger partial charge in [-0.15, -0.1) is 24.0 Å². The number of nitrogens with one attached hydrogen (secondary N) is 1. The molecular weight excluding hydrogens is 443 g/mol. The fourth-order valence-corrected chi connectivity index (χ4v) is 3.48. The number of rotatable bonds is 5. The number of guanidine groups is 1. The van der Waals surface area contributed by atoms with Crippen LogP contribution < -0.4 is 5.32 Å². The van der Waals surface area contributed by atoms with E-state index in [9.17, 15) is 13.2 Å². The lowest BCUT2D eigenvalue weighted by atomic mass is 9.96. The first kappa shape index (κ1) is 23.4. The minimum Gasteiger partial charge on any atom is -0.357 e. The lowest BCUT2D eigenvalue weighted by molar-refractivity contribution is -0.145. The van der Waals surface area contributed by atoms with Gasteiger partial charge in [0, 0.05) is 25.4 Å². The Balaban J connectivity index is 0.00000529. The monoisotopic (exact) mass is 474 g/mol. The largest absolute Gasteiger partial charge is 0.357 e. The Labute approximate surface area is 163 Å². The van der Waals surface area contributed by atoms with Gasteiger partial charge in [0.25, 0.3) is 0 Å². The number of sulfone groups is 1. The van der Waals surface area contributed by atoms with Crippen molar-refractivity contribution in [1.82, 2.24) is 15.1 Å². The van der Waals surface area contributed by atoms with Gasteiger partial charge in [0.15, 0.2) is 5.96 Å². The molecule has 1 fully saturated rings. The van der Waals surface area contributed by atoms with E-state index in [1.807, 2.05) is 44.4 Å². The second-order valence-corrected chi connectivity index (χ2v) is 9.15. The summed E-state index contributed by atoms with van der Waals surface area (Å²) in [5.74, 6) is 0.663. The minimum atomic E-state index is -3.05. The second-order valence-electron chi connectivity index (χ2n) is 6.89. The average molecular weight is 474 g/mol. The zero-order valence-corrected chi connectivity index (χ0v) is 18.6. The molecule has 0 atom stereocenters. The first-order valence-electron chi connectivity index (χ1n) is 8.01. The topological polar surface area (TPSA) is 82.1 Å². The van der Waals surface area contributed by atoms with E-state index >= 15 is 0 Å². The van der Waals surface area contributed by atoms with Crippen molar-refractivity contribution < 1.29 is 13.2 Å². The molecule has 0 unspecified atom stereocenters. The average Bonchev–Trinajstić information content (AvgIpc) is 2.33. The highest BCUT2D eigenvalue weighted by Gasteiger charge is 2.40. The first-order valence-corrected chi connectivity index (χ1v) is 10.1. The molecule has 1 saturated heterocycles. The van der Waals surface area contributed by atoms with Gasteiger partial charge >= 0.3 is 0 Å². The molecule has 1 aliphatic heterocycles. The van der Waals surface area contributed by atoms with Crippen molar-refractivity contribution in [3.05, 3.63) is 0 Å². The maximum atomic E-state index is 12.5. The van der Waals surface area contributed by atoms with Gasteiger partial charge in [-0.25, -0.2) is 8.42 Å². The quantitative estimate of drug-likeness (QED) is 0.365. The van der Waals surface area contributed by atoms with Crippen molar-refractivity contribution >= 4 is 45.7 Å². The molecule has 0 bridgehead atoms. The second kappa shape index (κ2) is 9.21. The van der Waals surface area contributed by atoms with Gasteiger partial charge in [0.05, 0.1) is 24.4 Å². The Morgan fingerprint density at radius 1 is 1.38 bits per heavy atom. The molecule has 0 aromatic rings. The SMILES string of the molecule is CCNC(=NCCS(C)(=O)=O)N1CC(=O)N(C(C)C)C(C)(C)C1.I. The van der Waals surface area contributed by atoms with Gasteiger partial charge in [0.1, 0.15) is 9.84 Å². The molecule has 24 heavy (non-hydrogen) atoms. The summed E-state index contributed by atoms with van der Waals surface area (Å²) in [6, 6.07) is 0.143. The Bertz CT molecular complexity index is 561. The minimum absolute atomic E-state index is 0. The van der Waals surface area contributed by atoms with E-state index in [1.54, 1.807) is 0 Å². The fourth-order valence-electron chi connectivity index (χ4n) is 3.06. The number of amides is 1. The van der Waals surface area contributed by atoms with Gasteiger partial charge in [-0.3, -0.25) is 9.79 Å². The Morgan fingerprint density at radius 2 is 1.96 bits per heavy atom. The van der Waals surface area contributed by atoms with E-state index < -0.39 is 9.84 Å². The number of hydrogen-bond donors (Lipinski definition) is 1. The maximum absolute atomic E-state index is 12.5. The molecule has 0 aromatic heterocycles. The van der Waals surface area contributed by atoms with E-state index in [1.165, 1.54) is 6.26 Å². The molecule has 1 amide bonds. The highest BCUT2D eigenvalue weighted by molar-refractivity contribution is 14.0. The molecule has 0 spiro atoms. The molecule has 0 saturated carbocycles. The van der Waals surface area contributed by atoms with Crippen molar-refractivity contribution in [3.63, 3.8) is 0 Å². The predicted octanol–water partition coefficient (Wildman–Crippen LogP) is 0.946. The molecule has 0 aromatic carbocycles. The van der Waals surface area contributed by atoms with Crippen LogP contribution in [0, 0.1) is 0 Å². The van der Waals surface area contributed by atoms with E-state index in [-0.39, 0.29) is 60.3 Å². The molecule has 1 aliphatic rings. The summed E-state index contributed by atoms with van der Waals surface area (Å²) >= 11 is 0. The van der Waals surface area contributed by atoms with Crippen molar-refractivity contribution in [2.24, 2.45) is 4.99 Å². The molecule has 1 heterocycles. The maximum Gasteiger partial charge on any atom is 0.242 e. The lowest BCUT2D eigenvalue weighted by Crippen LogP contribution is -2.66. The van der Waals surface area contributed by atoms with Crippen LogP contribution in [0.3, 0.4) is 0 Å². The van der Waals surface area contributed by atoms with Gasteiger partial charge in [-0.2, -0.15) is 0 Å². The van der Waals surface area contributed by atoms with Crippen LogP contribution in [0.4, 0.5) is 0 Å². The highest BCUT2D eigenvalue weighted by Crippen LogP contribution is 2.24. The summed E-state index contributed by atoms with van der Waals surface area (Å²) < 4.78 is 22.5. The first-order chi connectivity index (χ1) is 10.5. The van der Waals surface area contributed by atoms with Crippen molar-refractivity contribution in [2.45, 2.75) is 46.2 Å². The summed E-state index contributed by atoms with van der Waals surface area (Å²) in [6.45, 7) is 11.8. The van der Waals surface area contributed by atoms with E-state index in [0.717, 1.165) is 0 Å². The molecule has 1 rings (SSSR count). The zero-order chi connectivity index (χ0) is 17.8. The van der Waals surface area contributed by atoms with Crippen molar-refractivity contribution in [2.75, 3.05) is 38.2 Å². The third kappa shape index (κ3) is 6.73. The predicted molar refractivity (Wildman–Crippen MR) is 109 cm³/mol. The van der Waals surface area contributed by atoms with Crippen LogP contribution in [0.2, 0.25) is 0 Å². The van der Waals surface area contributed by atoms with Gasteiger partial charge in [0.2, 0.25) is 5.91 Å². The van der Waals surface area contributed by atoms with Crippen LogP contribution in [0.5, 0.6) is 0 Å². The number of piperazine rings is 1. The van der Waals surface area contributed by atoms with E-state index in [4.69, 9.17) is 0 Å². The Kier molecular flexibility index (Phi) is 8.99. The Hall–Kier alpha value is -0.580.